The number of carbonyl (C=O) groups excluding carboxylic acids is 1. The minimum absolute atomic E-state index is 0.122. The molecule has 1 aromatic heterocycles. The van der Waals surface area contributed by atoms with Gasteiger partial charge in [-0.05, 0) is 55.9 Å². The first kappa shape index (κ1) is 18.2. The molecule has 1 aliphatic carbocycles. The Morgan fingerprint density at radius 1 is 1.21 bits per heavy atom. The summed E-state index contributed by atoms with van der Waals surface area (Å²) < 4.78 is 18.7. The molecule has 3 aliphatic rings. The summed E-state index contributed by atoms with van der Waals surface area (Å²) in [6, 6.07) is 7.67. The van der Waals surface area contributed by atoms with Gasteiger partial charge in [0.2, 0.25) is 6.79 Å². The van der Waals surface area contributed by atoms with E-state index < -0.39 is 0 Å². The van der Waals surface area contributed by atoms with Gasteiger partial charge < -0.3 is 19.5 Å². The van der Waals surface area contributed by atoms with Gasteiger partial charge >= 0.3 is 0 Å². The number of aromatic nitrogens is 2. The molecule has 1 amide bonds. The molecule has 1 aromatic carbocycles. The van der Waals surface area contributed by atoms with Crippen LogP contribution < -0.4 is 14.8 Å². The fraction of sp³-hybridized carbons (Fsp3) is 0.455. The lowest BCUT2D eigenvalue weighted by Crippen LogP contribution is -2.26. The smallest absolute Gasteiger partial charge is 0.271 e. The molecule has 7 nitrogen and oxygen atoms in total. The van der Waals surface area contributed by atoms with Crippen molar-refractivity contribution in [3.05, 3.63) is 52.9 Å². The van der Waals surface area contributed by atoms with E-state index in [2.05, 4.69) is 16.5 Å². The number of amides is 1. The van der Waals surface area contributed by atoms with Gasteiger partial charge in [0.25, 0.3) is 5.91 Å². The molecule has 1 atom stereocenters. The first-order valence-electron chi connectivity index (χ1n) is 10.3. The van der Waals surface area contributed by atoms with Crippen molar-refractivity contribution in [2.45, 2.75) is 51.4 Å². The average molecular weight is 395 g/mol. The molecule has 2 aliphatic heterocycles. The highest BCUT2D eigenvalue weighted by Crippen LogP contribution is 2.36. The van der Waals surface area contributed by atoms with Gasteiger partial charge in [-0.25, -0.2) is 0 Å². The molecule has 0 unspecified atom stereocenters. The Morgan fingerprint density at radius 3 is 3.03 bits per heavy atom. The van der Waals surface area contributed by atoms with E-state index in [0.717, 1.165) is 35.6 Å². The number of allylic oxidation sites excluding steroid dienone is 1. The highest BCUT2D eigenvalue weighted by atomic mass is 16.7. The predicted octanol–water partition coefficient (Wildman–Crippen LogP) is 3.50. The Balaban J connectivity index is 1.21. The number of nitrogens with zero attached hydrogens (tertiary/aromatic N) is 2. The van der Waals surface area contributed by atoms with Gasteiger partial charge in [0.15, 0.2) is 17.2 Å². The number of ether oxygens (including phenoxy) is 3. The van der Waals surface area contributed by atoms with E-state index in [0.29, 0.717) is 25.4 Å². The summed E-state index contributed by atoms with van der Waals surface area (Å²) in [5.41, 5.74) is 3.84. The standard InChI is InChI=1S/C22H25N3O4/c26-22(23-9-8-15-4-2-1-3-5-15)18-11-17-13-27-21(12-25(17)24-18)16-6-7-19-20(10-16)29-14-28-19/h4,6-7,10-11,21H,1-3,5,8-9,12-14H2,(H,23,26)/t21-/m1/s1. The molecule has 7 heteroatoms. The number of nitrogens with one attached hydrogen (secondary N) is 1. The maximum absolute atomic E-state index is 12.5. The fourth-order valence-electron chi connectivity index (χ4n) is 4.11. The molecule has 152 valence electrons. The second-order valence-electron chi connectivity index (χ2n) is 7.73. The minimum atomic E-state index is -0.133. The molecule has 5 rings (SSSR count). The maximum Gasteiger partial charge on any atom is 0.271 e. The Labute approximate surface area is 169 Å². The third kappa shape index (κ3) is 3.87. The number of fused-ring (bicyclic) bond motifs is 2. The van der Waals surface area contributed by atoms with Crippen LogP contribution in [0.15, 0.2) is 35.9 Å². The van der Waals surface area contributed by atoms with Crippen LogP contribution >= 0.6 is 0 Å². The van der Waals surface area contributed by atoms with Gasteiger partial charge in [-0.15, -0.1) is 0 Å². The van der Waals surface area contributed by atoms with E-state index in [1.54, 1.807) is 0 Å². The van der Waals surface area contributed by atoms with Crippen LogP contribution in [0.5, 0.6) is 11.5 Å². The monoisotopic (exact) mass is 395 g/mol. The molecule has 2 aromatic rings. The van der Waals surface area contributed by atoms with Crippen molar-refractivity contribution in [2.24, 2.45) is 0 Å². The SMILES string of the molecule is O=C(NCCC1=CCCCC1)c1cc2n(n1)C[C@H](c1ccc3c(c1)OCO3)OC2. The van der Waals surface area contributed by atoms with Gasteiger partial charge in [-0.3, -0.25) is 9.48 Å². The summed E-state index contributed by atoms with van der Waals surface area (Å²) in [4.78, 5) is 12.5. The number of rotatable bonds is 5. The first-order valence-corrected chi connectivity index (χ1v) is 10.3. The Kier molecular flexibility index (Phi) is 4.97. The zero-order chi connectivity index (χ0) is 19.6. The van der Waals surface area contributed by atoms with Crippen LogP contribution in [0.3, 0.4) is 0 Å². The lowest BCUT2D eigenvalue weighted by molar-refractivity contribution is -0.00128. The van der Waals surface area contributed by atoms with Crippen molar-refractivity contribution in [1.82, 2.24) is 15.1 Å². The quantitative estimate of drug-likeness (QED) is 0.785. The van der Waals surface area contributed by atoms with Crippen LogP contribution in [0.4, 0.5) is 0 Å². The normalized spacial score (nSPS) is 20.1. The van der Waals surface area contributed by atoms with E-state index in [-0.39, 0.29) is 18.8 Å². The van der Waals surface area contributed by atoms with Crippen LogP contribution in [0, 0.1) is 0 Å². The summed E-state index contributed by atoms with van der Waals surface area (Å²) in [6.45, 7) is 1.90. The second-order valence-corrected chi connectivity index (χ2v) is 7.73. The lowest BCUT2D eigenvalue weighted by Gasteiger charge is -2.24. The Morgan fingerprint density at radius 2 is 2.14 bits per heavy atom. The molecule has 0 bridgehead atoms. The number of benzene rings is 1. The van der Waals surface area contributed by atoms with Crippen molar-refractivity contribution in [2.75, 3.05) is 13.3 Å². The minimum Gasteiger partial charge on any atom is -0.454 e. The maximum atomic E-state index is 12.5. The highest BCUT2D eigenvalue weighted by molar-refractivity contribution is 5.92. The zero-order valence-corrected chi connectivity index (χ0v) is 16.4. The summed E-state index contributed by atoms with van der Waals surface area (Å²) in [7, 11) is 0. The number of carbonyl (C=O) groups is 1. The Hall–Kier alpha value is -2.80. The van der Waals surface area contributed by atoms with Gasteiger partial charge in [0.1, 0.15) is 6.10 Å². The van der Waals surface area contributed by atoms with Gasteiger partial charge in [0, 0.05) is 6.54 Å². The summed E-state index contributed by atoms with van der Waals surface area (Å²) in [5.74, 6) is 1.38. The molecule has 0 radical (unpaired) electrons. The third-order valence-corrected chi connectivity index (χ3v) is 5.75. The van der Waals surface area contributed by atoms with Crippen LogP contribution in [-0.2, 0) is 17.9 Å². The molecular weight excluding hydrogens is 370 g/mol. The van der Waals surface area contributed by atoms with Gasteiger partial charge in [0.05, 0.1) is 18.8 Å². The molecule has 0 saturated heterocycles. The van der Waals surface area contributed by atoms with Gasteiger partial charge in [-0.2, -0.15) is 5.10 Å². The second kappa shape index (κ2) is 7.91. The van der Waals surface area contributed by atoms with E-state index in [1.165, 1.54) is 24.8 Å². The van der Waals surface area contributed by atoms with E-state index in [4.69, 9.17) is 14.2 Å². The first-order chi connectivity index (χ1) is 14.3. The summed E-state index contributed by atoms with van der Waals surface area (Å²) in [6.07, 6.45) is 7.98. The third-order valence-electron chi connectivity index (χ3n) is 5.75. The number of hydrogen-bond acceptors (Lipinski definition) is 5. The highest BCUT2D eigenvalue weighted by Gasteiger charge is 2.25. The van der Waals surface area contributed by atoms with Crippen molar-refractivity contribution in [3.8, 4) is 11.5 Å². The van der Waals surface area contributed by atoms with Crippen molar-refractivity contribution < 1.29 is 19.0 Å². The summed E-state index contributed by atoms with van der Waals surface area (Å²) >= 11 is 0. The fourth-order valence-corrected chi connectivity index (χ4v) is 4.11. The average Bonchev–Trinajstić information content (AvgIpc) is 3.40. The van der Waals surface area contributed by atoms with Crippen LogP contribution in [0.1, 0.15) is 60.0 Å². The number of hydrogen-bond donors (Lipinski definition) is 1. The van der Waals surface area contributed by atoms with E-state index >= 15 is 0 Å². The molecule has 0 spiro atoms. The van der Waals surface area contributed by atoms with Crippen LogP contribution in [-0.4, -0.2) is 29.0 Å². The van der Waals surface area contributed by atoms with Crippen LogP contribution in [0.2, 0.25) is 0 Å². The molecule has 0 saturated carbocycles. The lowest BCUT2D eigenvalue weighted by atomic mass is 9.97. The van der Waals surface area contributed by atoms with E-state index in [1.807, 2.05) is 28.9 Å². The largest absolute Gasteiger partial charge is 0.454 e. The molecular formula is C22H25N3O4. The molecule has 1 N–H and O–H groups in total. The van der Waals surface area contributed by atoms with Crippen molar-refractivity contribution in [1.29, 1.82) is 0 Å². The molecule has 29 heavy (non-hydrogen) atoms. The molecule has 3 heterocycles. The Bertz CT molecular complexity index is 950. The van der Waals surface area contributed by atoms with E-state index in [9.17, 15) is 4.79 Å². The van der Waals surface area contributed by atoms with Crippen molar-refractivity contribution in [3.63, 3.8) is 0 Å². The van der Waals surface area contributed by atoms with Gasteiger partial charge in [-0.1, -0.05) is 17.7 Å². The predicted molar refractivity (Wildman–Crippen MR) is 106 cm³/mol. The zero-order valence-electron chi connectivity index (χ0n) is 16.4. The summed E-state index contributed by atoms with van der Waals surface area (Å²) in [5, 5.41) is 7.52. The topological polar surface area (TPSA) is 74.6 Å². The van der Waals surface area contributed by atoms with Crippen molar-refractivity contribution >= 4 is 5.91 Å². The van der Waals surface area contributed by atoms with Crippen LogP contribution in [0.25, 0.3) is 0 Å². The molecule has 0 fully saturated rings.